The number of sulfonamides is 1. The Hall–Kier alpha value is -2.19. The Morgan fingerprint density at radius 1 is 1.48 bits per heavy atom. The molecule has 1 aromatic carbocycles. The van der Waals surface area contributed by atoms with Gasteiger partial charge in [0.1, 0.15) is 0 Å². The maximum Gasteiger partial charge on any atom is 0.338 e. The van der Waals surface area contributed by atoms with E-state index in [0.717, 1.165) is 6.07 Å². The average Bonchev–Trinajstić information content (AvgIpc) is 2.45. The summed E-state index contributed by atoms with van der Waals surface area (Å²) in [5.74, 6) is -1.62. The largest absolute Gasteiger partial charge is 0.449 e. The second kappa shape index (κ2) is 7.00. The molecule has 1 atom stereocenters. The molecule has 3 N–H and O–H groups in total. The number of rotatable bonds is 7. The zero-order valence-corrected chi connectivity index (χ0v) is 12.2. The first-order valence-electron chi connectivity index (χ1n) is 5.99. The molecule has 1 aromatic rings. The number of esters is 1. The van der Waals surface area contributed by atoms with Crippen molar-refractivity contribution < 1.29 is 22.7 Å². The van der Waals surface area contributed by atoms with Crippen molar-refractivity contribution in [2.24, 2.45) is 5.73 Å². The lowest BCUT2D eigenvalue weighted by Crippen LogP contribution is -2.30. The third-order valence-corrected chi connectivity index (χ3v) is 3.90. The van der Waals surface area contributed by atoms with Gasteiger partial charge in [0.05, 0.1) is 10.5 Å². The number of benzene rings is 1. The summed E-state index contributed by atoms with van der Waals surface area (Å²) in [5, 5.41) is 0. The summed E-state index contributed by atoms with van der Waals surface area (Å²) in [6.07, 6.45) is 0.293. The summed E-state index contributed by atoms with van der Waals surface area (Å²) < 4.78 is 30.9. The van der Waals surface area contributed by atoms with Crippen molar-refractivity contribution in [2.45, 2.75) is 17.9 Å². The zero-order chi connectivity index (χ0) is 16.0. The van der Waals surface area contributed by atoms with Gasteiger partial charge in [0.2, 0.25) is 10.0 Å². The van der Waals surface area contributed by atoms with E-state index in [0.29, 0.717) is 0 Å². The minimum atomic E-state index is -3.74. The molecule has 114 valence electrons. The molecule has 0 saturated carbocycles. The number of nitrogens with one attached hydrogen (secondary N) is 1. The van der Waals surface area contributed by atoms with Gasteiger partial charge in [0.25, 0.3) is 5.91 Å². The van der Waals surface area contributed by atoms with Gasteiger partial charge in [-0.3, -0.25) is 4.79 Å². The molecule has 0 unspecified atom stereocenters. The van der Waals surface area contributed by atoms with Gasteiger partial charge >= 0.3 is 5.97 Å². The molecule has 8 heteroatoms. The van der Waals surface area contributed by atoms with E-state index in [1.807, 2.05) is 0 Å². The fourth-order valence-corrected chi connectivity index (χ4v) is 2.37. The van der Waals surface area contributed by atoms with Crippen molar-refractivity contribution >= 4 is 21.9 Å². The molecule has 0 aliphatic heterocycles. The van der Waals surface area contributed by atoms with Crippen LogP contribution in [-0.2, 0) is 19.6 Å². The molecule has 0 fully saturated rings. The highest BCUT2D eigenvalue weighted by Crippen LogP contribution is 2.13. The van der Waals surface area contributed by atoms with E-state index in [9.17, 15) is 18.0 Å². The standard InChI is InChI=1S/C13H16N2O5S/c1-3-7-15-21(18,19)11-6-4-5-10(8-11)13(17)20-9(2)12(14)16/h3-6,8-9,15H,1,7H2,2H3,(H2,14,16)/t9-/m1/s1. The second-order valence-corrected chi connectivity index (χ2v) is 5.89. The summed E-state index contributed by atoms with van der Waals surface area (Å²) in [5.41, 5.74) is 4.99. The fourth-order valence-electron chi connectivity index (χ4n) is 1.33. The monoisotopic (exact) mass is 312 g/mol. The number of primary amides is 1. The Kier molecular flexibility index (Phi) is 5.62. The smallest absolute Gasteiger partial charge is 0.338 e. The van der Waals surface area contributed by atoms with Gasteiger partial charge in [0.15, 0.2) is 6.10 Å². The van der Waals surface area contributed by atoms with Crippen LogP contribution in [0.4, 0.5) is 0 Å². The van der Waals surface area contributed by atoms with E-state index in [1.54, 1.807) is 0 Å². The van der Waals surface area contributed by atoms with Crippen LogP contribution in [0.15, 0.2) is 41.8 Å². The van der Waals surface area contributed by atoms with Crippen molar-refractivity contribution in [3.8, 4) is 0 Å². The van der Waals surface area contributed by atoms with Gasteiger partial charge in [-0.2, -0.15) is 0 Å². The summed E-state index contributed by atoms with van der Waals surface area (Å²) in [6.45, 7) is 4.80. The lowest BCUT2D eigenvalue weighted by molar-refractivity contribution is -0.125. The third kappa shape index (κ3) is 4.69. The van der Waals surface area contributed by atoms with Crippen LogP contribution < -0.4 is 10.5 Å². The van der Waals surface area contributed by atoms with Crippen LogP contribution in [0.2, 0.25) is 0 Å². The van der Waals surface area contributed by atoms with Gasteiger partial charge in [0, 0.05) is 6.54 Å². The predicted octanol–water partition coefficient (Wildman–Crippen LogP) is 0.182. The fraction of sp³-hybridized carbons (Fsp3) is 0.231. The molecule has 0 radical (unpaired) electrons. The first kappa shape index (κ1) is 16.9. The molecular formula is C13H16N2O5S. The highest BCUT2D eigenvalue weighted by Gasteiger charge is 2.19. The molecule has 0 heterocycles. The third-order valence-electron chi connectivity index (χ3n) is 2.48. The molecule has 0 aromatic heterocycles. The Morgan fingerprint density at radius 2 is 2.14 bits per heavy atom. The van der Waals surface area contributed by atoms with Gasteiger partial charge in [-0.1, -0.05) is 12.1 Å². The van der Waals surface area contributed by atoms with Crippen LogP contribution in [-0.4, -0.2) is 32.9 Å². The first-order valence-corrected chi connectivity index (χ1v) is 7.47. The van der Waals surface area contributed by atoms with Crippen molar-refractivity contribution in [1.82, 2.24) is 4.72 Å². The number of amides is 1. The van der Waals surface area contributed by atoms with Gasteiger partial charge in [-0.25, -0.2) is 17.9 Å². The van der Waals surface area contributed by atoms with Crippen LogP contribution >= 0.6 is 0 Å². The first-order chi connectivity index (χ1) is 9.77. The van der Waals surface area contributed by atoms with Gasteiger partial charge in [-0.05, 0) is 25.1 Å². The van der Waals surface area contributed by atoms with E-state index in [-0.39, 0.29) is 17.0 Å². The Morgan fingerprint density at radius 3 is 2.71 bits per heavy atom. The van der Waals surface area contributed by atoms with Gasteiger partial charge < -0.3 is 10.5 Å². The molecule has 7 nitrogen and oxygen atoms in total. The summed E-state index contributed by atoms with van der Waals surface area (Å²) in [6, 6.07) is 5.26. The van der Waals surface area contributed by atoms with Crippen LogP contribution in [0, 0.1) is 0 Å². The van der Waals surface area contributed by atoms with Crippen LogP contribution in [0.25, 0.3) is 0 Å². The number of hydrogen-bond donors (Lipinski definition) is 2. The highest BCUT2D eigenvalue weighted by molar-refractivity contribution is 7.89. The Labute approximate surface area is 122 Å². The number of ether oxygens (including phenoxy) is 1. The SMILES string of the molecule is C=CCNS(=O)(=O)c1cccc(C(=O)O[C@H](C)C(N)=O)c1. The summed E-state index contributed by atoms with van der Waals surface area (Å²) in [4.78, 5) is 22.5. The maximum absolute atomic E-state index is 11.9. The quantitative estimate of drug-likeness (QED) is 0.550. The second-order valence-electron chi connectivity index (χ2n) is 4.12. The van der Waals surface area contributed by atoms with Crippen molar-refractivity contribution in [3.63, 3.8) is 0 Å². The Bertz CT molecular complexity index is 654. The van der Waals surface area contributed by atoms with Crippen LogP contribution in [0.5, 0.6) is 0 Å². The van der Waals surface area contributed by atoms with Crippen LogP contribution in [0.1, 0.15) is 17.3 Å². The molecular weight excluding hydrogens is 296 g/mol. The number of carbonyl (C=O) groups excluding carboxylic acids is 2. The maximum atomic E-state index is 11.9. The number of hydrogen-bond acceptors (Lipinski definition) is 5. The van der Waals surface area contributed by atoms with E-state index < -0.39 is 28.0 Å². The topological polar surface area (TPSA) is 116 Å². The molecule has 1 amide bonds. The molecule has 1 rings (SSSR count). The van der Waals surface area contributed by atoms with Crippen molar-refractivity contribution in [3.05, 3.63) is 42.5 Å². The van der Waals surface area contributed by atoms with Gasteiger partial charge in [-0.15, -0.1) is 6.58 Å². The van der Waals surface area contributed by atoms with Crippen LogP contribution in [0.3, 0.4) is 0 Å². The highest BCUT2D eigenvalue weighted by atomic mass is 32.2. The molecule has 21 heavy (non-hydrogen) atoms. The number of nitrogens with two attached hydrogens (primary N) is 1. The molecule has 0 saturated heterocycles. The molecule has 0 spiro atoms. The van der Waals surface area contributed by atoms with E-state index in [1.165, 1.54) is 31.2 Å². The summed E-state index contributed by atoms with van der Waals surface area (Å²) >= 11 is 0. The zero-order valence-electron chi connectivity index (χ0n) is 11.4. The van der Waals surface area contributed by atoms with E-state index in [4.69, 9.17) is 10.5 Å². The number of carbonyl (C=O) groups is 2. The summed E-state index contributed by atoms with van der Waals surface area (Å²) in [7, 11) is -3.74. The minimum Gasteiger partial charge on any atom is -0.449 e. The predicted molar refractivity (Wildman–Crippen MR) is 75.9 cm³/mol. The minimum absolute atomic E-state index is 0.00424. The van der Waals surface area contributed by atoms with E-state index >= 15 is 0 Å². The molecule has 0 aliphatic carbocycles. The van der Waals surface area contributed by atoms with Crippen molar-refractivity contribution in [1.29, 1.82) is 0 Å². The average molecular weight is 312 g/mol. The molecule has 0 bridgehead atoms. The lowest BCUT2D eigenvalue weighted by Gasteiger charge is -2.10. The molecule has 0 aliphatic rings. The normalized spacial score (nSPS) is 12.4. The lowest BCUT2D eigenvalue weighted by atomic mass is 10.2. The Balaban J connectivity index is 2.98. The van der Waals surface area contributed by atoms with E-state index in [2.05, 4.69) is 11.3 Å². The van der Waals surface area contributed by atoms with Crippen molar-refractivity contribution in [2.75, 3.05) is 6.54 Å².